The van der Waals surface area contributed by atoms with Gasteiger partial charge in [0.1, 0.15) is 18.9 Å². The molecule has 2 fully saturated rings. The van der Waals surface area contributed by atoms with Gasteiger partial charge in [0.05, 0.1) is 6.33 Å². The molecule has 1 aliphatic heterocycles. The number of aromatic nitrogens is 6. The number of fused-ring (bicyclic) bond motifs is 1. The SMILES string of the molecule is CCC(CC)Nc1nc(N(CO)CC(C)C)nc2c1ncn2[C@@H]1O[C@H](c2nnc(C3CC3)o2)[C@@H](O)[C@H]1O.O=CO. The van der Waals surface area contributed by atoms with Crippen molar-refractivity contribution in [2.75, 3.05) is 23.5 Å². The summed E-state index contributed by atoms with van der Waals surface area (Å²) in [6, 6.07) is 0.168. The first-order valence-corrected chi connectivity index (χ1v) is 13.6. The fourth-order valence-electron chi connectivity index (χ4n) is 4.61. The van der Waals surface area contributed by atoms with Gasteiger partial charge in [-0.1, -0.05) is 27.7 Å². The van der Waals surface area contributed by atoms with Crippen LogP contribution < -0.4 is 10.2 Å². The van der Waals surface area contributed by atoms with E-state index in [9.17, 15) is 15.3 Å². The molecule has 3 aromatic heterocycles. The molecule has 0 spiro atoms. The van der Waals surface area contributed by atoms with Crippen molar-refractivity contribution in [2.24, 2.45) is 5.92 Å². The maximum atomic E-state index is 11.0. The van der Waals surface area contributed by atoms with Gasteiger partial charge in [-0.05, 0) is 31.6 Å². The number of nitrogens with zero attached hydrogens (tertiary/aromatic N) is 7. The number of carbonyl (C=O) groups is 1. The summed E-state index contributed by atoms with van der Waals surface area (Å²) in [5.41, 5.74) is 0.905. The lowest BCUT2D eigenvalue weighted by Crippen LogP contribution is -2.31. The van der Waals surface area contributed by atoms with E-state index in [1.54, 1.807) is 9.47 Å². The monoisotopic (exact) mass is 562 g/mol. The van der Waals surface area contributed by atoms with Crippen molar-refractivity contribution in [3.63, 3.8) is 0 Å². The van der Waals surface area contributed by atoms with Gasteiger partial charge in [-0.15, -0.1) is 10.2 Å². The van der Waals surface area contributed by atoms with Gasteiger partial charge in [-0.3, -0.25) is 9.36 Å². The number of hydrogen-bond donors (Lipinski definition) is 5. The molecule has 0 aromatic carbocycles. The van der Waals surface area contributed by atoms with E-state index in [0.717, 1.165) is 25.7 Å². The third-order valence-corrected chi connectivity index (χ3v) is 6.91. The summed E-state index contributed by atoms with van der Waals surface area (Å²) in [6.07, 6.45) is 0.717. The van der Waals surface area contributed by atoms with Gasteiger partial charge >= 0.3 is 0 Å². The Morgan fingerprint density at radius 2 is 1.82 bits per heavy atom. The molecule has 0 unspecified atom stereocenters. The van der Waals surface area contributed by atoms with Crippen LogP contribution in [0.4, 0.5) is 11.8 Å². The van der Waals surface area contributed by atoms with E-state index in [1.807, 2.05) is 13.8 Å². The molecular weight excluding hydrogens is 524 g/mol. The van der Waals surface area contributed by atoms with Crippen molar-refractivity contribution >= 4 is 29.4 Å². The van der Waals surface area contributed by atoms with E-state index < -0.39 is 24.5 Å². The number of carboxylic acid groups (broad SMARTS) is 1. The van der Waals surface area contributed by atoms with Crippen LogP contribution in [0, 0.1) is 5.92 Å². The molecule has 0 amide bonds. The van der Waals surface area contributed by atoms with Crippen molar-refractivity contribution in [3.05, 3.63) is 18.1 Å². The Balaban J connectivity index is 0.00000118. The molecule has 4 heterocycles. The molecular formula is C25H38N8O7. The van der Waals surface area contributed by atoms with Crippen LogP contribution >= 0.6 is 0 Å². The zero-order valence-corrected chi connectivity index (χ0v) is 23.1. The van der Waals surface area contributed by atoms with Crippen molar-refractivity contribution in [1.82, 2.24) is 29.7 Å². The predicted octanol–water partition coefficient (Wildman–Crippen LogP) is 1.79. The minimum absolute atomic E-state index is 0.134. The zero-order chi connectivity index (χ0) is 29.0. The average molecular weight is 563 g/mol. The number of rotatable bonds is 11. The number of anilines is 2. The van der Waals surface area contributed by atoms with Gasteiger partial charge in [0.2, 0.25) is 17.7 Å². The van der Waals surface area contributed by atoms with Gasteiger partial charge in [-0.25, -0.2) is 4.98 Å². The Morgan fingerprint density at radius 3 is 2.42 bits per heavy atom. The standard InChI is InChI=1S/C24H36N8O5.CH2O2/c1-5-14(6-2)26-19-15-20(28-24(27-19)31(11-33)9-12(3)4)32(10-25-15)23-17(35)16(34)18(36-23)22-30-29-21(37-22)13-7-8-13;2-1-3/h10,12-14,16-18,23,33-35H,5-9,11H2,1-4H3,(H,26,27,28);1H,(H,2,3)/t16-,17+,18-,23+;/m0./s1. The summed E-state index contributed by atoms with van der Waals surface area (Å²) < 4.78 is 13.4. The molecule has 0 bridgehead atoms. The molecule has 5 rings (SSSR count). The molecule has 2 aliphatic rings. The van der Waals surface area contributed by atoms with E-state index in [-0.39, 0.29) is 37.0 Å². The first kappa shape index (κ1) is 29.6. The highest BCUT2D eigenvalue weighted by molar-refractivity contribution is 5.84. The second-order valence-corrected chi connectivity index (χ2v) is 10.4. The van der Waals surface area contributed by atoms with E-state index in [4.69, 9.17) is 29.0 Å². The topological polar surface area (TPSA) is 205 Å². The summed E-state index contributed by atoms with van der Waals surface area (Å²) in [4.78, 5) is 24.0. The second-order valence-electron chi connectivity index (χ2n) is 10.4. The molecule has 15 heteroatoms. The van der Waals surface area contributed by atoms with Crippen LogP contribution in [0.5, 0.6) is 0 Å². The highest BCUT2D eigenvalue weighted by Crippen LogP contribution is 2.43. The maximum absolute atomic E-state index is 11.0. The summed E-state index contributed by atoms with van der Waals surface area (Å²) in [7, 11) is 0. The summed E-state index contributed by atoms with van der Waals surface area (Å²) in [5.74, 6) is 2.04. The lowest BCUT2D eigenvalue weighted by atomic mass is 10.1. The number of nitrogens with one attached hydrogen (secondary N) is 1. The van der Waals surface area contributed by atoms with Gasteiger partial charge in [0.15, 0.2) is 29.3 Å². The van der Waals surface area contributed by atoms with Crippen LogP contribution in [0.2, 0.25) is 0 Å². The predicted molar refractivity (Wildman–Crippen MR) is 142 cm³/mol. The second kappa shape index (κ2) is 12.8. The lowest BCUT2D eigenvalue weighted by Gasteiger charge is -2.24. The van der Waals surface area contributed by atoms with E-state index in [0.29, 0.717) is 35.4 Å². The molecule has 220 valence electrons. The molecule has 15 nitrogen and oxygen atoms in total. The van der Waals surface area contributed by atoms with E-state index >= 15 is 0 Å². The minimum atomic E-state index is -1.29. The van der Waals surface area contributed by atoms with Crippen LogP contribution in [-0.4, -0.2) is 88.1 Å². The Bertz CT molecular complexity index is 1260. The van der Waals surface area contributed by atoms with Crippen LogP contribution in [0.25, 0.3) is 11.2 Å². The van der Waals surface area contributed by atoms with Crippen LogP contribution in [-0.2, 0) is 9.53 Å². The van der Waals surface area contributed by atoms with Crippen LogP contribution in [0.3, 0.4) is 0 Å². The highest BCUT2D eigenvalue weighted by atomic mass is 16.6. The first-order valence-electron chi connectivity index (χ1n) is 13.6. The fraction of sp³-hybridized carbons (Fsp3) is 0.680. The third-order valence-electron chi connectivity index (χ3n) is 6.91. The third kappa shape index (κ3) is 6.16. The van der Waals surface area contributed by atoms with E-state index in [1.165, 1.54) is 6.33 Å². The molecule has 1 saturated carbocycles. The number of aliphatic hydroxyl groups excluding tert-OH is 3. The van der Waals surface area contributed by atoms with Crippen molar-refractivity contribution in [2.45, 2.75) is 89.9 Å². The lowest BCUT2D eigenvalue weighted by molar-refractivity contribution is -0.122. The van der Waals surface area contributed by atoms with Gasteiger partial charge in [0.25, 0.3) is 6.47 Å². The molecule has 4 atom stereocenters. The summed E-state index contributed by atoms with van der Waals surface area (Å²) >= 11 is 0. The Kier molecular flexibility index (Phi) is 9.50. The van der Waals surface area contributed by atoms with Crippen LogP contribution in [0.15, 0.2) is 10.7 Å². The smallest absolute Gasteiger partial charge is 0.290 e. The first-order chi connectivity index (χ1) is 19.3. The van der Waals surface area contributed by atoms with Gasteiger partial charge in [0, 0.05) is 18.5 Å². The average Bonchev–Trinajstić information content (AvgIpc) is 3.39. The Labute approximate surface area is 231 Å². The van der Waals surface area contributed by atoms with Crippen LogP contribution in [0.1, 0.15) is 83.4 Å². The number of aliphatic hydroxyl groups is 3. The molecule has 0 radical (unpaired) electrons. The largest absolute Gasteiger partial charge is 0.483 e. The summed E-state index contributed by atoms with van der Waals surface area (Å²) in [6.45, 7) is 8.31. The molecule has 1 aliphatic carbocycles. The molecule has 3 aromatic rings. The van der Waals surface area contributed by atoms with E-state index in [2.05, 4.69) is 34.3 Å². The molecule has 5 N–H and O–H groups in total. The van der Waals surface area contributed by atoms with Gasteiger partial charge < -0.3 is 39.8 Å². The highest BCUT2D eigenvalue weighted by Gasteiger charge is 2.48. The quantitative estimate of drug-likeness (QED) is 0.167. The Hall–Kier alpha value is -3.40. The number of ether oxygens (including phenoxy) is 1. The molecule has 1 saturated heterocycles. The van der Waals surface area contributed by atoms with Gasteiger partial charge in [-0.2, -0.15) is 9.97 Å². The van der Waals surface area contributed by atoms with Crippen molar-refractivity contribution in [1.29, 1.82) is 0 Å². The normalized spacial score (nSPS) is 22.5. The minimum Gasteiger partial charge on any atom is -0.483 e. The summed E-state index contributed by atoms with van der Waals surface area (Å²) in [5, 5.41) is 50.3. The molecule has 40 heavy (non-hydrogen) atoms. The number of hydrogen-bond acceptors (Lipinski definition) is 13. The Morgan fingerprint density at radius 1 is 1.15 bits per heavy atom. The van der Waals surface area contributed by atoms with Crippen molar-refractivity contribution in [3.8, 4) is 0 Å². The maximum Gasteiger partial charge on any atom is 0.290 e. The fourth-order valence-corrected chi connectivity index (χ4v) is 4.61. The zero-order valence-electron chi connectivity index (χ0n) is 23.1. The number of imidazole rings is 1. The van der Waals surface area contributed by atoms with Crippen molar-refractivity contribution < 1.29 is 34.4 Å².